The molecular formula is C8H9Cl2NO3S. The number of sulfonamides is 1. The summed E-state index contributed by atoms with van der Waals surface area (Å²) < 4.78 is 23.1. The van der Waals surface area contributed by atoms with Gasteiger partial charge in [-0.05, 0) is 25.1 Å². The average molecular weight is 270 g/mol. The van der Waals surface area contributed by atoms with Crippen LogP contribution in [0.2, 0.25) is 10.0 Å². The fraction of sp³-hybridized carbons (Fsp3) is 0.250. The fourth-order valence-corrected chi connectivity index (χ4v) is 2.46. The third-order valence-electron chi connectivity index (χ3n) is 1.46. The van der Waals surface area contributed by atoms with Crippen LogP contribution in [0.3, 0.4) is 0 Å². The molecule has 0 spiro atoms. The molecule has 84 valence electrons. The Morgan fingerprint density at radius 1 is 1.27 bits per heavy atom. The van der Waals surface area contributed by atoms with Gasteiger partial charge in [0.2, 0.25) is 0 Å². The molecule has 1 aromatic carbocycles. The van der Waals surface area contributed by atoms with E-state index in [0.717, 1.165) is 0 Å². The smallest absolute Gasteiger partial charge is 0.262 e. The van der Waals surface area contributed by atoms with E-state index >= 15 is 0 Å². The highest BCUT2D eigenvalue weighted by atomic mass is 35.5. The molecule has 0 saturated carbocycles. The lowest BCUT2D eigenvalue weighted by atomic mass is 10.4. The summed E-state index contributed by atoms with van der Waals surface area (Å²) in [6.07, 6.45) is 0. The van der Waals surface area contributed by atoms with Gasteiger partial charge in [-0.15, -0.1) is 0 Å². The van der Waals surface area contributed by atoms with Crippen LogP contribution in [0.25, 0.3) is 0 Å². The molecule has 1 rings (SSSR count). The van der Waals surface area contributed by atoms with Crippen molar-refractivity contribution in [2.75, 3.05) is 6.61 Å². The highest BCUT2D eigenvalue weighted by Crippen LogP contribution is 2.21. The second kappa shape index (κ2) is 5.14. The zero-order chi connectivity index (χ0) is 11.5. The largest absolute Gasteiger partial charge is 0.287 e. The Kier molecular flexibility index (Phi) is 4.36. The van der Waals surface area contributed by atoms with Gasteiger partial charge in [-0.3, -0.25) is 4.84 Å². The van der Waals surface area contributed by atoms with Gasteiger partial charge < -0.3 is 0 Å². The van der Waals surface area contributed by atoms with Crippen molar-refractivity contribution in [2.45, 2.75) is 11.8 Å². The molecule has 0 fully saturated rings. The first-order valence-corrected chi connectivity index (χ1v) is 6.29. The maximum Gasteiger partial charge on any atom is 0.262 e. The molecule has 1 N–H and O–H groups in total. The predicted octanol–water partition coefficient (Wildman–Crippen LogP) is 2.22. The molecule has 0 aliphatic carbocycles. The summed E-state index contributed by atoms with van der Waals surface area (Å²) in [6.45, 7) is 1.89. The number of hydrogen-bond donors (Lipinski definition) is 1. The lowest BCUT2D eigenvalue weighted by Crippen LogP contribution is -2.23. The Labute approximate surface area is 98.1 Å². The molecule has 0 amide bonds. The van der Waals surface area contributed by atoms with Crippen LogP contribution in [0.5, 0.6) is 0 Å². The van der Waals surface area contributed by atoms with Crippen molar-refractivity contribution in [3.63, 3.8) is 0 Å². The van der Waals surface area contributed by atoms with Gasteiger partial charge in [0.1, 0.15) is 0 Å². The minimum atomic E-state index is -3.71. The van der Waals surface area contributed by atoms with Crippen molar-refractivity contribution in [3.8, 4) is 0 Å². The maximum absolute atomic E-state index is 11.5. The van der Waals surface area contributed by atoms with Crippen molar-refractivity contribution in [3.05, 3.63) is 28.2 Å². The van der Waals surface area contributed by atoms with Crippen LogP contribution in [0.4, 0.5) is 0 Å². The molecule has 15 heavy (non-hydrogen) atoms. The predicted molar refractivity (Wildman–Crippen MR) is 58.4 cm³/mol. The van der Waals surface area contributed by atoms with E-state index in [1.54, 1.807) is 6.92 Å². The summed E-state index contributed by atoms with van der Waals surface area (Å²) in [5.41, 5.74) is 0. The normalized spacial score (nSPS) is 11.7. The van der Waals surface area contributed by atoms with Crippen molar-refractivity contribution < 1.29 is 13.3 Å². The summed E-state index contributed by atoms with van der Waals surface area (Å²) in [5, 5.41) is 0.499. The Bertz CT molecular complexity index is 427. The molecule has 0 atom stereocenters. The van der Waals surface area contributed by atoms with E-state index in [0.29, 0.717) is 0 Å². The van der Waals surface area contributed by atoms with Crippen LogP contribution < -0.4 is 4.89 Å². The summed E-state index contributed by atoms with van der Waals surface area (Å²) in [7, 11) is -3.71. The van der Waals surface area contributed by atoms with Crippen molar-refractivity contribution in [1.29, 1.82) is 0 Å². The lowest BCUT2D eigenvalue weighted by Gasteiger charge is -2.06. The lowest BCUT2D eigenvalue weighted by molar-refractivity contribution is 0.105. The molecular weight excluding hydrogens is 261 g/mol. The highest BCUT2D eigenvalue weighted by molar-refractivity contribution is 7.89. The van der Waals surface area contributed by atoms with E-state index in [-0.39, 0.29) is 21.5 Å². The number of benzene rings is 1. The molecule has 0 unspecified atom stereocenters. The Hall–Kier alpha value is -0.330. The van der Waals surface area contributed by atoms with Gasteiger partial charge in [0, 0.05) is 10.0 Å². The molecule has 0 heterocycles. The van der Waals surface area contributed by atoms with Gasteiger partial charge in [0.05, 0.1) is 11.5 Å². The quantitative estimate of drug-likeness (QED) is 0.853. The number of rotatable bonds is 4. The third-order valence-corrected chi connectivity index (χ3v) is 3.09. The molecule has 0 bridgehead atoms. The summed E-state index contributed by atoms with van der Waals surface area (Å²) in [4.78, 5) is 6.51. The van der Waals surface area contributed by atoms with Gasteiger partial charge in [-0.1, -0.05) is 28.1 Å². The van der Waals surface area contributed by atoms with Crippen LogP contribution >= 0.6 is 23.2 Å². The third kappa shape index (κ3) is 3.62. The second-order valence-corrected chi connectivity index (χ2v) is 5.14. The minimum Gasteiger partial charge on any atom is -0.287 e. The number of halogens is 2. The minimum absolute atomic E-state index is 0.0338. The van der Waals surface area contributed by atoms with Crippen LogP contribution in [0.15, 0.2) is 23.1 Å². The van der Waals surface area contributed by atoms with E-state index in [9.17, 15) is 8.42 Å². The molecule has 0 radical (unpaired) electrons. The summed E-state index contributed by atoms with van der Waals surface area (Å²) in [5.74, 6) is 0. The summed E-state index contributed by atoms with van der Waals surface area (Å²) >= 11 is 11.3. The van der Waals surface area contributed by atoms with Crippen LogP contribution in [0, 0.1) is 0 Å². The standard InChI is InChI=1S/C8H9Cl2NO3S/c1-2-14-11-15(12,13)8-4-6(9)3-7(10)5-8/h3-5,11H,2H2,1H3. The van der Waals surface area contributed by atoms with Gasteiger partial charge >= 0.3 is 0 Å². The zero-order valence-electron chi connectivity index (χ0n) is 7.83. The van der Waals surface area contributed by atoms with Crippen LogP contribution in [-0.2, 0) is 14.9 Å². The zero-order valence-corrected chi connectivity index (χ0v) is 10.2. The number of nitrogens with one attached hydrogen (secondary N) is 1. The molecule has 0 aliphatic rings. The van der Waals surface area contributed by atoms with Crippen LogP contribution in [0.1, 0.15) is 6.92 Å². The fourth-order valence-electron chi connectivity index (χ4n) is 0.868. The maximum atomic E-state index is 11.5. The molecule has 4 nitrogen and oxygen atoms in total. The summed E-state index contributed by atoms with van der Waals surface area (Å²) in [6, 6.07) is 4.02. The topological polar surface area (TPSA) is 55.4 Å². The Morgan fingerprint density at radius 2 is 1.80 bits per heavy atom. The van der Waals surface area contributed by atoms with Crippen molar-refractivity contribution in [1.82, 2.24) is 4.89 Å². The Morgan fingerprint density at radius 3 is 2.27 bits per heavy atom. The van der Waals surface area contributed by atoms with Crippen LogP contribution in [-0.4, -0.2) is 15.0 Å². The molecule has 7 heteroatoms. The van der Waals surface area contributed by atoms with E-state index in [1.807, 2.05) is 4.89 Å². The van der Waals surface area contributed by atoms with Gasteiger partial charge in [0.15, 0.2) is 0 Å². The first-order valence-electron chi connectivity index (χ1n) is 4.05. The van der Waals surface area contributed by atoms with E-state index in [4.69, 9.17) is 23.2 Å². The molecule has 0 aliphatic heterocycles. The van der Waals surface area contributed by atoms with E-state index < -0.39 is 10.0 Å². The first kappa shape index (κ1) is 12.7. The first-order chi connectivity index (χ1) is 6.95. The van der Waals surface area contributed by atoms with Crippen molar-refractivity contribution in [2.24, 2.45) is 0 Å². The second-order valence-electron chi connectivity index (χ2n) is 2.62. The Balaban J connectivity index is 3.04. The molecule has 0 aromatic heterocycles. The average Bonchev–Trinajstić information content (AvgIpc) is 2.13. The molecule has 1 aromatic rings. The van der Waals surface area contributed by atoms with E-state index in [2.05, 4.69) is 4.84 Å². The van der Waals surface area contributed by atoms with E-state index in [1.165, 1.54) is 18.2 Å². The van der Waals surface area contributed by atoms with Gasteiger partial charge in [-0.25, -0.2) is 8.42 Å². The SMILES string of the molecule is CCONS(=O)(=O)c1cc(Cl)cc(Cl)c1. The monoisotopic (exact) mass is 269 g/mol. The van der Waals surface area contributed by atoms with Gasteiger partial charge in [-0.2, -0.15) is 0 Å². The van der Waals surface area contributed by atoms with Gasteiger partial charge in [0.25, 0.3) is 10.0 Å². The highest BCUT2D eigenvalue weighted by Gasteiger charge is 2.15. The van der Waals surface area contributed by atoms with Crippen molar-refractivity contribution >= 4 is 33.2 Å². The molecule has 0 saturated heterocycles. The number of hydrogen-bond acceptors (Lipinski definition) is 3.